The summed E-state index contributed by atoms with van der Waals surface area (Å²) in [5, 5.41) is 0.975. The van der Waals surface area contributed by atoms with Crippen LogP contribution >= 0.6 is 0 Å². The van der Waals surface area contributed by atoms with E-state index in [2.05, 4.69) is 0 Å². The van der Waals surface area contributed by atoms with Gasteiger partial charge < -0.3 is 10.3 Å². The van der Waals surface area contributed by atoms with Gasteiger partial charge in [-0.15, -0.1) is 0 Å². The van der Waals surface area contributed by atoms with Crippen LogP contribution in [0.1, 0.15) is 5.56 Å². The van der Waals surface area contributed by atoms with Crippen molar-refractivity contribution >= 4 is 16.6 Å². The summed E-state index contributed by atoms with van der Waals surface area (Å²) in [5.74, 6) is -0.462. The minimum absolute atomic E-state index is 0.110. The molecule has 0 atom stereocenters. The first-order valence-electron chi connectivity index (χ1n) is 6.27. The van der Waals surface area contributed by atoms with E-state index in [1.54, 1.807) is 16.7 Å². The average Bonchev–Trinajstić information content (AvgIpc) is 2.46. The van der Waals surface area contributed by atoms with Gasteiger partial charge in [0.1, 0.15) is 5.82 Å². The van der Waals surface area contributed by atoms with Crippen LogP contribution in [0.5, 0.6) is 0 Å². The Hall–Kier alpha value is -2.62. The van der Waals surface area contributed by atoms with Crippen molar-refractivity contribution in [3.8, 4) is 0 Å². The lowest BCUT2D eigenvalue weighted by Crippen LogP contribution is -2.20. The van der Waals surface area contributed by atoms with Gasteiger partial charge in [-0.1, -0.05) is 24.3 Å². The molecule has 2 N–H and O–H groups in total. The van der Waals surface area contributed by atoms with E-state index in [1.165, 1.54) is 18.2 Å². The number of nitrogens with zero attached hydrogens (tertiary/aromatic N) is 1. The van der Waals surface area contributed by atoms with Gasteiger partial charge in [-0.2, -0.15) is 0 Å². The van der Waals surface area contributed by atoms with Crippen LogP contribution in [0.25, 0.3) is 10.9 Å². The molecule has 1 heterocycles. The van der Waals surface area contributed by atoms with Crippen molar-refractivity contribution in [3.63, 3.8) is 0 Å². The fourth-order valence-electron chi connectivity index (χ4n) is 2.26. The summed E-state index contributed by atoms with van der Waals surface area (Å²) in [7, 11) is 0. The van der Waals surface area contributed by atoms with Crippen LogP contribution in [0, 0.1) is 5.82 Å². The summed E-state index contributed by atoms with van der Waals surface area (Å²) in [6.07, 6.45) is 0. The van der Waals surface area contributed by atoms with Crippen molar-refractivity contribution in [2.75, 3.05) is 5.73 Å². The molecule has 0 amide bonds. The highest BCUT2D eigenvalue weighted by Gasteiger charge is 2.05. The Kier molecular flexibility index (Phi) is 2.99. The molecule has 20 heavy (non-hydrogen) atoms. The van der Waals surface area contributed by atoms with Gasteiger partial charge in [-0.3, -0.25) is 4.79 Å². The maximum atomic E-state index is 13.5. The zero-order valence-electron chi connectivity index (χ0n) is 10.7. The SMILES string of the molecule is Nc1ccc(Cn2c(=O)ccc3ccccc32)cc1F. The second-order valence-corrected chi connectivity index (χ2v) is 4.67. The van der Waals surface area contributed by atoms with E-state index in [0.717, 1.165) is 10.9 Å². The number of nitrogen functional groups attached to an aromatic ring is 1. The van der Waals surface area contributed by atoms with Gasteiger partial charge in [0.25, 0.3) is 5.56 Å². The Bertz CT molecular complexity index is 839. The first-order chi connectivity index (χ1) is 9.65. The number of halogens is 1. The summed E-state index contributed by atoms with van der Waals surface area (Å²) >= 11 is 0. The van der Waals surface area contributed by atoms with Gasteiger partial charge in [0, 0.05) is 6.07 Å². The quantitative estimate of drug-likeness (QED) is 0.726. The maximum Gasteiger partial charge on any atom is 0.251 e. The Labute approximate surface area is 115 Å². The molecule has 0 saturated heterocycles. The minimum Gasteiger partial charge on any atom is -0.396 e. The molecule has 100 valence electrons. The monoisotopic (exact) mass is 268 g/mol. The lowest BCUT2D eigenvalue weighted by Gasteiger charge is -2.10. The van der Waals surface area contributed by atoms with Crippen LogP contribution in [-0.2, 0) is 6.54 Å². The zero-order valence-corrected chi connectivity index (χ0v) is 10.7. The standard InChI is InChI=1S/C16H13FN2O/c17-13-9-11(5-7-14(13)18)10-19-15-4-2-1-3-12(15)6-8-16(19)20/h1-9H,10,18H2. The Morgan fingerprint density at radius 3 is 2.65 bits per heavy atom. The van der Waals surface area contributed by atoms with Crippen LogP contribution < -0.4 is 11.3 Å². The fraction of sp³-hybridized carbons (Fsp3) is 0.0625. The molecule has 3 nitrogen and oxygen atoms in total. The molecular formula is C16H13FN2O. The van der Waals surface area contributed by atoms with Crippen molar-refractivity contribution in [3.05, 3.63) is 76.3 Å². The molecule has 0 aliphatic heterocycles. The van der Waals surface area contributed by atoms with E-state index in [9.17, 15) is 9.18 Å². The Balaban J connectivity index is 2.12. The first kappa shape index (κ1) is 12.4. The van der Waals surface area contributed by atoms with E-state index >= 15 is 0 Å². The summed E-state index contributed by atoms with van der Waals surface area (Å²) in [6, 6.07) is 15.5. The van der Waals surface area contributed by atoms with Crippen molar-refractivity contribution < 1.29 is 4.39 Å². The van der Waals surface area contributed by atoms with Gasteiger partial charge >= 0.3 is 0 Å². The number of benzene rings is 2. The van der Waals surface area contributed by atoms with Crippen molar-refractivity contribution in [1.82, 2.24) is 4.57 Å². The smallest absolute Gasteiger partial charge is 0.251 e. The van der Waals surface area contributed by atoms with E-state index in [-0.39, 0.29) is 11.2 Å². The lowest BCUT2D eigenvalue weighted by molar-refractivity contribution is 0.628. The third-order valence-corrected chi connectivity index (χ3v) is 3.30. The number of pyridine rings is 1. The topological polar surface area (TPSA) is 48.0 Å². The summed E-state index contributed by atoms with van der Waals surface area (Å²) in [5.41, 5.74) is 6.99. The van der Waals surface area contributed by atoms with Crippen LogP contribution in [0.2, 0.25) is 0 Å². The molecule has 0 bridgehead atoms. The van der Waals surface area contributed by atoms with Crippen molar-refractivity contribution in [1.29, 1.82) is 0 Å². The molecular weight excluding hydrogens is 255 g/mol. The van der Waals surface area contributed by atoms with Crippen LogP contribution in [-0.4, -0.2) is 4.57 Å². The number of hydrogen-bond acceptors (Lipinski definition) is 2. The number of aromatic nitrogens is 1. The second kappa shape index (κ2) is 4.81. The highest BCUT2D eigenvalue weighted by Crippen LogP contribution is 2.15. The number of anilines is 1. The Morgan fingerprint density at radius 2 is 1.85 bits per heavy atom. The third kappa shape index (κ3) is 2.16. The van der Waals surface area contributed by atoms with Gasteiger partial charge in [0.2, 0.25) is 0 Å². The largest absolute Gasteiger partial charge is 0.396 e. The highest BCUT2D eigenvalue weighted by molar-refractivity contribution is 5.78. The van der Waals surface area contributed by atoms with E-state index in [1.807, 2.05) is 24.3 Å². The number of para-hydroxylation sites is 1. The lowest BCUT2D eigenvalue weighted by atomic mass is 10.1. The zero-order chi connectivity index (χ0) is 14.1. The van der Waals surface area contributed by atoms with Crippen LogP contribution in [0.3, 0.4) is 0 Å². The van der Waals surface area contributed by atoms with Gasteiger partial charge in [0.15, 0.2) is 0 Å². The van der Waals surface area contributed by atoms with Crippen LogP contribution in [0.15, 0.2) is 59.4 Å². The molecule has 0 aliphatic carbocycles. The Morgan fingerprint density at radius 1 is 1.05 bits per heavy atom. The molecule has 2 aromatic carbocycles. The van der Waals surface area contributed by atoms with Gasteiger partial charge in [-0.05, 0) is 35.2 Å². The predicted molar refractivity (Wildman–Crippen MR) is 78.1 cm³/mol. The summed E-state index contributed by atoms with van der Waals surface area (Å²) in [6.45, 7) is 0.317. The normalized spacial score (nSPS) is 10.8. The second-order valence-electron chi connectivity index (χ2n) is 4.67. The molecule has 0 aliphatic rings. The van der Waals surface area contributed by atoms with E-state index < -0.39 is 5.82 Å². The molecule has 0 spiro atoms. The number of nitrogens with two attached hydrogens (primary N) is 1. The maximum absolute atomic E-state index is 13.5. The molecule has 0 radical (unpaired) electrons. The molecule has 3 rings (SSSR count). The molecule has 0 unspecified atom stereocenters. The van der Waals surface area contributed by atoms with Gasteiger partial charge in [-0.25, -0.2) is 4.39 Å². The molecule has 0 fully saturated rings. The summed E-state index contributed by atoms with van der Waals surface area (Å²) < 4.78 is 15.1. The van der Waals surface area contributed by atoms with Gasteiger partial charge in [0.05, 0.1) is 17.7 Å². The van der Waals surface area contributed by atoms with Crippen molar-refractivity contribution in [2.24, 2.45) is 0 Å². The number of hydrogen-bond donors (Lipinski definition) is 1. The first-order valence-corrected chi connectivity index (χ1v) is 6.27. The van der Waals surface area contributed by atoms with E-state index in [4.69, 9.17) is 5.73 Å². The fourth-order valence-corrected chi connectivity index (χ4v) is 2.26. The number of rotatable bonds is 2. The van der Waals surface area contributed by atoms with Crippen LogP contribution in [0.4, 0.5) is 10.1 Å². The average molecular weight is 268 g/mol. The minimum atomic E-state index is -0.462. The molecule has 4 heteroatoms. The highest BCUT2D eigenvalue weighted by atomic mass is 19.1. The molecule has 3 aromatic rings. The molecule has 1 aromatic heterocycles. The predicted octanol–water partition coefficient (Wildman–Crippen LogP) is 2.77. The third-order valence-electron chi connectivity index (χ3n) is 3.30. The molecule has 0 saturated carbocycles. The summed E-state index contributed by atoms with van der Waals surface area (Å²) in [4.78, 5) is 12.0. The van der Waals surface area contributed by atoms with E-state index in [0.29, 0.717) is 12.1 Å². The van der Waals surface area contributed by atoms with Crippen molar-refractivity contribution in [2.45, 2.75) is 6.54 Å². The number of fused-ring (bicyclic) bond motifs is 1.